The van der Waals surface area contributed by atoms with Gasteiger partial charge >= 0.3 is 0 Å². The maximum absolute atomic E-state index is 12.2. The molecule has 0 radical (unpaired) electrons. The van der Waals surface area contributed by atoms with Crippen LogP contribution in [0.1, 0.15) is 25.8 Å². The van der Waals surface area contributed by atoms with Gasteiger partial charge in [0.15, 0.2) is 0 Å². The Bertz CT molecular complexity index is 618. The monoisotopic (exact) mass is 305 g/mol. The van der Waals surface area contributed by atoms with Crippen molar-refractivity contribution in [2.75, 3.05) is 0 Å². The molecule has 0 bridgehead atoms. The fourth-order valence-corrected chi connectivity index (χ4v) is 2.93. The highest BCUT2D eigenvalue weighted by molar-refractivity contribution is 7.18. The van der Waals surface area contributed by atoms with E-state index in [1.807, 2.05) is 38.1 Å². The lowest BCUT2D eigenvalue weighted by molar-refractivity contribution is -0.129. The molecule has 5 nitrogen and oxygen atoms in total. The Morgan fingerprint density at radius 1 is 1.29 bits per heavy atom. The zero-order valence-corrected chi connectivity index (χ0v) is 13.2. The number of hydrogen-bond acceptors (Lipinski definition) is 4. The molecule has 0 fully saturated rings. The van der Waals surface area contributed by atoms with Gasteiger partial charge in [0.2, 0.25) is 11.8 Å². The van der Waals surface area contributed by atoms with E-state index in [-0.39, 0.29) is 17.7 Å². The van der Waals surface area contributed by atoms with E-state index in [1.54, 1.807) is 11.3 Å². The standard InChI is InChI=1S/C15H19N3O2S/c1-9(2)14(17-10(3)19)15(20)16-8-13-18-11-6-4-5-7-12(11)21-13/h4-7,9,14H,8H2,1-3H3,(H,16,20)(H,17,19). The number of para-hydroxylation sites is 1. The van der Waals surface area contributed by atoms with Crippen molar-refractivity contribution in [2.45, 2.75) is 33.4 Å². The third-order valence-corrected chi connectivity index (χ3v) is 4.10. The smallest absolute Gasteiger partial charge is 0.243 e. The molecule has 2 amide bonds. The highest BCUT2D eigenvalue weighted by Gasteiger charge is 2.22. The number of hydrogen-bond donors (Lipinski definition) is 2. The van der Waals surface area contributed by atoms with E-state index in [0.717, 1.165) is 15.2 Å². The van der Waals surface area contributed by atoms with Gasteiger partial charge < -0.3 is 10.6 Å². The second-order valence-electron chi connectivity index (χ2n) is 5.22. The number of nitrogens with one attached hydrogen (secondary N) is 2. The first-order chi connectivity index (χ1) is 9.97. The van der Waals surface area contributed by atoms with Crippen LogP contribution in [-0.4, -0.2) is 22.8 Å². The van der Waals surface area contributed by atoms with Crippen LogP contribution in [0.5, 0.6) is 0 Å². The van der Waals surface area contributed by atoms with Crippen LogP contribution in [-0.2, 0) is 16.1 Å². The summed E-state index contributed by atoms with van der Waals surface area (Å²) in [5.74, 6) is -0.354. The van der Waals surface area contributed by atoms with Gasteiger partial charge in [0.1, 0.15) is 11.0 Å². The van der Waals surface area contributed by atoms with E-state index < -0.39 is 6.04 Å². The highest BCUT2D eigenvalue weighted by atomic mass is 32.1. The molecule has 21 heavy (non-hydrogen) atoms. The summed E-state index contributed by atoms with van der Waals surface area (Å²) in [5.41, 5.74) is 0.939. The predicted molar refractivity (Wildman–Crippen MR) is 83.9 cm³/mol. The fraction of sp³-hybridized carbons (Fsp3) is 0.400. The first kappa shape index (κ1) is 15.4. The molecule has 2 aromatic rings. The largest absolute Gasteiger partial charge is 0.348 e. The maximum Gasteiger partial charge on any atom is 0.243 e. The van der Waals surface area contributed by atoms with Crippen molar-refractivity contribution in [3.05, 3.63) is 29.3 Å². The lowest BCUT2D eigenvalue weighted by Crippen LogP contribution is -2.48. The summed E-state index contributed by atoms with van der Waals surface area (Å²) in [4.78, 5) is 27.8. The van der Waals surface area contributed by atoms with Gasteiger partial charge in [0.25, 0.3) is 0 Å². The van der Waals surface area contributed by atoms with Gasteiger partial charge in [-0.2, -0.15) is 0 Å². The fourth-order valence-electron chi connectivity index (χ4n) is 2.02. The van der Waals surface area contributed by atoms with Gasteiger partial charge in [-0.3, -0.25) is 9.59 Å². The first-order valence-electron chi connectivity index (χ1n) is 6.86. The van der Waals surface area contributed by atoms with Gasteiger partial charge in [-0.15, -0.1) is 11.3 Å². The van der Waals surface area contributed by atoms with Crippen molar-refractivity contribution in [1.29, 1.82) is 0 Å². The van der Waals surface area contributed by atoms with E-state index in [1.165, 1.54) is 6.92 Å². The van der Waals surface area contributed by atoms with E-state index >= 15 is 0 Å². The van der Waals surface area contributed by atoms with Gasteiger partial charge in [0, 0.05) is 6.92 Å². The number of rotatable bonds is 5. The molecule has 0 aliphatic rings. The highest BCUT2D eigenvalue weighted by Crippen LogP contribution is 2.21. The Labute approximate surface area is 127 Å². The normalized spacial score (nSPS) is 12.4. The van der Waals surface area contributed by atoms with Crippen LogP contribution in [0.2, 0.25) is 0 Å². The lowest BCUT2D eigenvalue weighted by Gasteiger charge is -2.20. The van der Waals surface area contributed by atoms with Crippen LogP contribution >= 0.6 is 11.3 Å². The van der Waals surface area contributed by atoms with Crippen molar-refractivity contribution < 1.29 is 9.59 Å². The first-order valence-corrected chi connectivity index (χ1v) is 7.68. The summed E-state index contributed by atoms with van der Waals surface area (Å²) < 4.78 is 1.10. The zero-order valence-electron chi connectivity index (χ0n) is 12.3. The molecule has 1 unspecified atom stereocenters. The van der Waals surface area contributed by atoms with Crippen LogP contribution in [0.15, 0.2) is 24.3 Å². The van der Waals surface area contributed by atoms with E-state index in [2.05, 4.69) is 15.6 Å². The Balaban J connectivity index is 2.00. The second-order valence-corrected chi connectivity index (χ2v) is 6.33. The summed E-state index contributed by atoms with van der Waals surface area (Å²) in [5, 5.41) is 6.37. The Hall–Kier alpha value is -1.95. The molecule has 2 rings (SSSR count). The van der Waals surface area contributed by atoms with E-state index in [0.29, 0.717) is 6.54 Å². The molecular formula is C15H19N3O2S. The predicted octanol–water partition coefficient (Wildman–Crippen LogP) is 2.07. The number of carbonyl (C=O) groups excluding carboxylic acids is 2. The molecule has 0 aliphatic carbocycles. The summed E-state index contributed by atoms with van der Waals surface area (Å²) in [6.45, 7) is 5.59. The quantitative estimate of drug-likeness (QED) is 0.888. The molecule has 1 aromatic carbocycles. The average molecular weight is 305 g/mol. The SMILES string of the molecule is CC(=O)NC(C(=O)NCc1nc2ccccc2s1)C(C)C. The second kappa shape index (κ2) is 6.67. The van der Waals surface area contributed by atoms with Gasteiger partial charge in [0.05, 0.1) is 16.8 Å². The van der Waals surface area contributed by atoms with E-state index in [9.17, 15) is 9.59 Å². The summed E-state index contributed by atoms with van der Waals surface area (Å²) in [6.07, 6.45) is 0. The van der Waals surface area contributed by atoms with Crippen molar-refractivity contribution in [2.24, 2.45) is 5.92 Å². The van der Waals surface area contributed by atoms with Crippen molar-refractivity contribution >= 4 is 33.4 Å². The van der Waals surface area contributed by atoms with Crippen LogP contribution < -0.4 is 10.6 Å². The minimum absolute atomic E-state index is 0.0317. The molecular weight excluding hydrogens is 286 g/mol. The third-order valence-electron chi connectivity index (χ3n) is 3.06. The minimum Gasteiger partial charge on any atom is -0.348 e. The van der Waals surface area contributed by atoms with Gasteiger partial charge in [-0.05, 0) is 18.1 Å². The van der Waals surface area contributed by atoms with E-state index in [4.69, 9.17) is 0 Å². The Morgan fingerprint density at radius 3 is 2.62 bits per heavy atom. The number of carbonyl (C=O) groups is 2. The van der Waals surface area contributed by atoms with Crippen LogP contribution in [0, 0.1) is 5.92 Å². The number of nitrogens with zero attached hydrogens (tertiary/aromatic N) is 1. The Kier molecular flexibility index (Phi) is 4.90. The number of aromatic nitrogens is 1. The van der Waals surface area contributed by atoms with Crippen LogP contribution in [0.3, 0.4) is 0 Å². The number of thiazole rings is 1. The summed E-state index contributed by atoms with van der Waals surface area (Å²) in [6, 6.07) is 7.35. The molecule has 1 aromatic heterocycles. The number of benzene rings is 1. The summed E-state index contributed by atoms with van der Waals surface area (Å²) >= 11 is 1.56. The molecule has 0 spiro atoms. The lowest BCUT2D eigenvalue weighted by atomic mass is 10.0. The zero-order chi connectivity index (χ0) is 15.4. The van der Waals surface area contributed by atoms with Crippen molar-refractivity contribution in [3.8, 4) is 0 Å². The number of amides is 2. The molecule has 1 heterocycles. The average Bonchev–Trinajstić information content (AvgIpc) is 2.84. The molecule has 0 saturated heterocycles. The molecule has 6 heteroatoms. The van der Waals surface area contributed by atoms with Crippen molar-refractivity contribution in [3.63, 3.8) is 0 Å². The topological polar surface area (TPSA) is 71.1 Å². The van der Waals surface area contributed by atoms with Crippen molar-refractivity contribution in [1.82, 2.24) is 15.6 Å². The Morgan fingerprint density at radius 2 is 2.00 bits per heavy atom. The maximum atomic E-state index is 12.2. The molecule has 0 saturated carbocycles. The van der Waals surface area contributed by atoms with Gasteiger partial charge in [-0.25, -0.2) is 4.98 Å². The third kappa shape index (κ3) is 4.01. The minimum atomic E-state index is -0.517. The van der Waals surface area contributed by atoms with Crippen LogP contribution in [0.4, 0.5) is 0 Å². The number of fused-ring (bicyclic) bond motifs is 1. The van der Waals surface area contributed by atoms with Gasteiger partial charge in [-0.1, -0.05) is 26.0 Å². The molecule has 0 aliphatic heterocycles. The molecule has 2 N–H and O–H groups in total. The molecule has 1 atom stereocenters. The summed E-state index contributed by atoms with van der Waals surface area (Å²) in [7, 11) is 0. The molecule has 112 valence electrons. The van der Waals surface area contributed by atoms with Crippen LogP contribution in [0.25, 0.3) is 10.2 Å².